The summed E-state index contributed by atoms with van der Waals surface area (Å²) in [4.78, 5) is 37.7. The third-order valence-corrected chi connectivity index (χ3v) is 4.42. The van der Waals surface area contributed by atoms with Gasteiger partial charge in [-0.05, 0) is 29.8 Å². The second kappa shape index (κ2) is 6.81. The van der Waals surface area contributed by atoms with Gasteiger partial charge in [0.15, 0.2) is 0 Å². The summed E-state index contributed by atoms with van der Waals surface area (Å²) in [7, 11) is 0. The standard InChI is InChI=1S/C20H16FNO3/c1-2-16(13-7-9-15(21)10-8-13)14(12-23)11-22-19(24)17-5-3-4-6-18(17)20(22)25/h2-10,12,14,16H,1,11H2/t14-,16-/m0/s1. The Morgan fingerprint density at radius 3 is 2.04 bits per heavy atom. The van der Waals surface area contributed by atoms with Gasteiger partial charge in [-0.3, -0.25) is 14.5 Å². The van der Waals surface area contributed by atoms with Gasteiger partial charge in [-0.1, -0.05) is 30.3 Å². The van der Waals surface area contributed by atoms with E-state index in [2.05, 4.69) is 6.58 Å². The SMILES string of the molecule is C=C[C@@H](c1ccc(F)cc1)[C@H](C=O)CN1C(=O)c2ccccc2C1=O. The number of amides is 2. The average molecular weight is 337 g/mol. The van der Waals surface area contributed by atoms with Gasteiger partial charge in [-0.2, -0.15) is 0 Å². The molecular formula is C20H16FNO3. The highest BCUT2D eigenvalue weighted by Gasteiger charge is 2.37. The zero-order chi connectivity index (χ0) is 18.0. The molecular weight excluding hydrogens is 321 g/mol. The number of hydrogen-bond acceptors (Lipinski definition) is 3. The first kappa shape index (κ1) is 16.8. The van der Waals surface area contributed by atoms with E-state index in [0.717, 1.165) is 4.90 Å². The molecule has 4 nitrogen and oxygen atoms in total. The van der Waals surface area contributed by atoms with E-state index in [0.29, 0.717) is 23.0 Å². The first-order valence-corrected chi connectivity index (χ1v) is 7.85. The Balaban J connectivity index is 1.86. The van der Waals surface area contributed by atoms with Gasteiger partial charge in [0.2, 0.25) is 0 Å². The van der Waals surface area contributed by atoms with Crippen LogP contribution >= 0.6 is 0 Å². The highest BCUT2D eigenvalue weighted by atomic mass is 19.1. The molecule has 126 valence electrons. The van der Waals surface area contributed by atoms with Gasteiger partial charge in [-0.15, -0.1) is 6.58 Å². The van der Waals surface area contributed by atoms with Crippen LogP contribution in [0.5, 0.6) is 0 Å². The second-order valence-corrected chi connectivity index (χ2v) is 5.88. The minimum Gasteiger partial charge on any atom is -0.303 e. The summed E-state index contributed by atoms with van der Waals surface area (Å²) in [6.45, 7) is 3.69. The van der Waals surface area contributed by atoms with Crippen LogP contribution in [0, 0.1) is 11.7 Å². The van der Waals surface area contributed by atoms with E-state index in [-0.39, 0.29) is 12.4 Å². The summed E-state index contributed by atoms with van der Waals surface area (Å²) >= 11 is 0. The van der Waals surface area contributed by atoms with Crippen molar-refractivity contribution in [2.45, 2.75) is 5.92 Å². The summed E-state index contributed by atoms with van der Waals surface area (Å²) in [5.74, 6) is -2.29. The summed E-state index contributed by atoms with van der Waals surface area (Å²) < 4.78 is 13.1. The number of allylic oxidation sites excluding steroid dienone is 1. The van der Waals surface area contributed by atoms with Crippen LogP contribution in [0.4, 0.5) is 4.39 Å². The van der Waals surface area contributed by atoms with Crippen LogP contribution in [-0.4, -0.2) is 29.5 Å². The van der Waals surface area contributed by atoms with E-state index in [1.807, 2.05) is 0 Å². The summed E-state index contributed by atoms with van der Waals surface area (Å²) in [5, 5.41) is 0. The molecule has 0 fully saturated rings. The molecule has 5 heteroatoms. The van der Waals surface area contributed by atoms with E-state index in [9.17, 15) is 18.8 Å². The Labute approximate surface area is 144 Å². The molecule has 1 heterocycles. The molecule has 0 spiro atoms. The predicted octanol–water partition coefficient (Wildman–Crippen LogP) is 3.21. The van der Waals surface area contributed by atoms with E-state index < -0.39 is 23.7 Å². The Hall–Kier alpha value is -3.08. The second-order valence-electron chi connectivity index (χ2n) is 5.88. The molecule has 2 atom stereocenters. The number of imide groups is 1. The number of carbonyl (C=O) groups is 3. The van der Waals surface area contributed by atoms with Gasteiger partial charge >= 0.3 is 0 Å². The fourth-order valence-electron chi connectivity index (χ4n) is 3.10. The van der Waals surface area contributed by atoms with Crippen molar-refractivity contribution in [3.63, 3.8) is 0 Å². The minimum absolute atomic E-state index is 0.0517. The highest BCUT2D eigenvalue weighted by molar-refractivity contribution is 6.21. The molecule has 0 unspecified atom stereocenters. The lowest BCUT2D eigenvalue weighted by atomic mass is 9.86. The number of aldehydes is 1. The summed E-state index contributed by atoms with van der Waals surface area (Å²) in [6.07, 6.45) is 2.28. The molecule has 2 aromatic carbocycles. The molecule has 1 aliphatic heterocycles. The normalized spacial score (nSPS) is 15.6. The van der Waals surface area contributed by atoms with Crippen molar-refractivity contribution in [3.8, 4) is 0 Å². The van der Waals surface area contributed by atoms with Crippen molar-refractivity contribution >= 4 is 18.1 Å². The van der Waals surface area contributed by atoms with Crippen molar-refractivity contribution in [2.75, 3.05) is 6.54 Å². The molecule has 1 aliphatic rings. The zero-order valence-corrected chi connectivity index (χ0v) is 13.4. The first-order valence-electron chi connectivity index (χ1n) is 7.85. The van der Waals surface area contributed by atoms with Crippen LogP contribution in [0.2, 0.25) is 0 Å². The molecule has 0 aliphatic carbocycles. The third-order valence-electron chi connectivity index (χ3n) is 4.42. The number of rotatable bonds is 6. The number of nitrogens with zero attached hydrogens (tertiary/aromatic N) is 1. The summed E-state index contributed by atoms with van der Waals surface area (Å²) in [5.41, 5.74) is 1.38. The van der Waals surface area contributed by atoms with Crippen LogP contribution in [0.15, 0.2) is 61.2 Å². The van der Waals surface area contributed by atoms with Crippen molar-refractivity contribution < 1.29 is 18.8 Å². The Kier molecular flexibility index (Phi) is 4.57. The number of hydrogen-bond donors (Lipinski definition) is 0. The van der Waals surface area contributed by atoms with Gasteiger partial charge in [0.25, 0.3) is 11.8 Å². The molecule has 0 aromatic heterocycles. The molecule has 2 aromatic rings. The quantitative estimate of drug-likeness (QED) is 0.462. The number of fused-ring (bicyclic) bond motifs is 1. The maximum Gasteiger partial charge on any atom is 0.261 e. The van der Waals surface area contributed by atoms with Crippen LogP contribution < -0.4 is 0 Å². The minimum atomic E-state index is -0.662. The lowest BCUT2D eigenvalue weighted by molar-refractivity contribution is -0.111. The molecule has 0 radical (unpaired) electrons. The van der Waals surface area contributed by atoms with Gasteiger partial charge in [0.1, 0.15) is 12.1 Å². The Morgan fingerprint density at radius 2 is 1.56 bits per heavy atom. The Morgan fingerprint density at radius 1 is 1.00 bits per heavy atom. The molecule has 0 saturated heterocycles. The number of carbonyl (C=O) groups excluding carboxylic acids is 3. The predicted molar refractivity (Wildman–Crippen MR) is 90.7 cm³/mol. The lowest BCUT2D eigenvalue weighted by Crippen LogP contribution is -2.37. The molecule has 0 N–H and O–H groups in total. The zero-order valence-electron chi connectivity index (χ0n) is 13.4. The monoisotopic (exact) mass is 337 g/mol. The summed E-state index contributed by atoms with van der Waals surface area (Å²) in [6, 6.07) is 12.3. The third kappa shape index (κ3) is 3.01. The maximum absolute atomic E-state index is 13.1. The van der Waals surface area contributed by atoms with E-state index >= 15 is 0 Å². The fraction of sp³-hybridized carbons (Fsp3) is 0.150. The molecule has 3 rings (SSSR count). The van der Waals surface area contributed by atoms with Crippen molar-refractivity contribution in [1.82, 2.24) is 4.90 Å². The largest absolute Gasteiger partial charge is 0.303 e. The van der Waals surface area contributed by atoms with Gasteiger partial charge in [0.05, 0.1) is 11.1 Å². The topological polar surface area (TPSA) is 54.5 Å². The van der Waals surface area contributed by atoms with Crippen molar-refractivity contribution in [3.05, 3.63) is 83.7 Å². The smallest absolute Gasteiger partial charge is 0.261 e. The van der Waals surface area contributed by atoms with E-state index in [1.54, 1.807) is 42.5 Å². The van der Waals surface area contributed by atoms with Crippen LogP contribution in [0.1, 0.15) is 32.2 Å². The molecule has 25 heavy (non-hydrogen) atoms. The molecule has 2 amide bonds. The van der Waals surface area contributed by atoms with Crippen molar-refractivity contribution in [1.29, 1.82) is 0 Å². The lowest BCUT2D eigenvalue weighted by Gasteiger charge is -2.24. The van der Waals surface area contributed by atoms with Crippen molar-refractivity contribution in [2.24, 2.45) is 5.92 Å². The number of benzene rings is 2. The number of halogens is 1. The van der Waals surface area contributed by atoms with Gasteiger partial charge in [0, 0.05) is 18.4 Å². The highest BCUT2D eigenvalue weighted by Crippen LogP contribution is 2.29. The average Bonchev–Trinajstić information content (AvgIpc) is 2.88. The van der Waals surface area contributed by atoms with Crippen LogP contribution in [-0.2, 0) is 4.79 Å². The van der Waals surface area contributed by atoms with Crippen LogP contribution in [0.25, 0.3) is 0 Å². The fourth-order valence-corrected chi connectivity index (χ4v) is 3.10. The maximum atomic E-state index is 13.1. The van der Waals surface area contributed by atoms with E-state index in [1.165, 1.54) is 12.1 Å². The molecule has 0 bridgehead atoms. The van der Waals surface area contributed by atoms with Crippen LogP contribution in [0.3, 0.4) is 0 Å². The van der Waals surface area contributed by atoms with E-state index in [4.69, 9.17) is 0 Å². The van der Waals surface area contributed by atoms with Gasteiger partial charge < -0.3 is 4.79 Å². The first-order chi connectivity index (χ1) is 12.1. The molecule has 0 saturated carbocycles. The van der Waals surface area contributed by atoms with Gasteiger partial charge in [-0.25, -0.2) is 4.39 Å². The Bertz CT molecular complexity index is 809.